The van der Waals surface area contributed by atoms with E-state index in [1.807, 2.05) is 35.0 Å². The first-order valence-electron chi connectivity index (χ1n) is 6.50. The summed E-state index contributed by atoms with van der Waals surface area (Å²) in [5.41, 5.74) is 3.13. The smallest absolute Gasteiger partial charge is 0.172 e. The fraction of sp³-hybridized carbons (Fsp3) is 0.133. The zero-order valence-electron chi connectivity index (χ0n) is 11.5. The van der Waals surface area contributed by atoms with Crippen molar-refractivity contribution in [1.29, 1.82) is 0 Å². The molecule has 0 amide bonds. The van der Waals surface area contributed by atoms with Gasteiger partial charge in [0.25, 0.3) is 0 Å². The molecule has 0 saturated carbocycles. The summed E-state index contributed by atoms with van der Waals surface area (Å²) < 4.78 is 2.98. The number of nitrogens with zero attached hydrogens (tertiary/aromatic N) is 4. The first-order valence-corrected chi connectivity index (χ1v) is 8.11. The van der Waals surface area contributed by atoms with Crippen LogP contribution in [0.4, 0.5) is 0 Å². The molecule has 6 heteroatoms. The highest BCUT2D eigenvalue weighted by Gasteiger charge is 2.15. The molecule has 21 heavy (non-hydrogen) atoms. The molecule has 1 aromatic carbocycles. The van der Waals surface area contributed by atoms with E-state index in [0.29, 0.717) is 0 Å². The zero-order valence-corrected chi connectivity index (χ0v) is 13.9. The second-order valence-electron chi connectivity index (χ2n) is 4.94. The third kappa shape index (κ3) is 1.90. The Kier molecular flexibility index (Phi) is 2.83. The van der Waals surface area contributed by atoms with E-state index in [0.717, 1.165) is 31.7 Å². The quantitative estimate of drug-likeness (QED) is 0.506. The Morgan fingerprint density at radius 2 is 2.05 bits per heavy atom. The molecule has 0 fully saturated rings. The molecule has 0 radical (unpaired) electrons. The highest BCUT2D eigenvalue weighted by atomic mass is 79.9. The minimum atomic E-state index is 0.809. The maximum atomic E-state index is 4.56. The van der Waals surface area contributed by atoms with Gasteiger partial charge < -0.3 is 0 Å². The van der Waals surface area contributed by atoms with Crippen molar-refractivity contribution in [3.05, 3.63) is 45.5 Å². The van der Waals surface area contributed by atoms with Crippen molar-refractivity contribution in [1.82, 2.24) is 19.6 Å². The van der Waals surface area contributed by atoms with Crippen molar-refractivity contribution in [2.75, 3.05) is 0 Å². The predicted octanol–water partition coefficient (Wildman–Crippen LogP) is 4.39. The van der Waals surface area contributed by atoms with Crippen LogP contribution in [0.1, 0.15) is 10.4 Å². The Bertz CT molecular complexity index is 986. The Hall–Kier alpha value is -1.79. The standard InChI is InChI=1S/C15H11BrN4S/c1-8-9(2)21-15-12(8)14-19-18-13(20(14)7-17-15)10-4-3-5-11(16)6-10/h3-7H,1-2H3. The van der Waals surface area contributed by atoms with Gasteiger partial charge in [0.1, 0.15) is 11.2 Å². The average Bonchev–Trinajstić information content (AvgIpc) is 3.01. The number of aryl methyl sites for hydroxylation is 2. The first-order chi connectivity index (χ1) is 10.1. The number of rotatable bonds is 1. The molecule has 0 aliphatic carbocycles. The van der Waals surface area contributed by atoms with E-state index >= 15 is 0 Å². The number of fused-ring (bicyclic) bond motifs is 3. The van der Waals surface area contributed by atoms with Gasteiger partial charge in [-0.2, -0.15) is 0 Å². The van der Waals surface area contributed by atoms with Crippen LogP contribution in [0.2, 0.25) is 0 Å². The van der Waals surface area contributed by atoms with Gasteiger partial charge in [-0.05, 0) is 31.5 Å². The van der Waals surface area contributed by atoms with Gasteiger partial charge in [0.05, 0.1) is 5.39 Å². The van der Waals surface area contributed by atoms with E-state index in [-0.39, 0.29) is 0 Å². The summed E-state index contributed by atoms with van der Waals surface area (Å²) in [6.07, 6.45) is 1.81. The van der Waals surface area contributed by atoms with E-state index in [1.54, 1.807) is 11.3 Å². The van der Waals surface area contributed by atoms with Gasteiger partial charge in [0.2, 0.25) is 0 Å². The van der Waals surface area contributed by atoms with Crippen LogP contribution < -0.4 is 0 Å². The number of benzene rings is 1. The summed E-state index contributed by atoms with van der Waals surface area (Å²) in [6, 6.07) is 8.05. The van der Waals surface area contributed by atoms with Crippen molar-refractivity contribution >= 4 is 43.1 Å². The monoisotopic (exact) mass is 358 g/mol. The van der Waals surface area contributed by atoms with E-state index in [4.69, 9.17) is 0 Å². The van der Waals surface area contributed by atoms with Crippen LogP contribution in [-0.4, -0.2) is 19.6 Å². The molecule has 4 aromatic rings. The second kappa shape index (κ2) is 4.61. The lowest BCUT2D eigenvalue weighted by molar-refractivity contribution is 1.09. The summed E-state index contributed by atoms with van der Waals surface area (Å²) in [5.74, 6) is 0.809. The van der Waals surface area contributed by atoms with Crippen molar-refractivity contribution in [3.8, 4) is 11.4 Å². The van der Waals surface area contributed by atoms with Crippen LogP contribution in [-0.2, 0) is 0 Å². The summed E-state index contributed by atoms with van der Waals surface area (Å²) in [5, 5.41) is 9.86. The van der Waals surface area contributed by atoms with E-state index in [1.165, 1.54) is 10.4 Å². The molecule has 4 rings (SSSR count). The van der Waals surface area contributed by atoms with Crippen molar-refractivity contribution < 1.29 is 0 Å². The fourth-order valence-corrected chi connectivity index (χ4v) is 3.86. The fourth-order valence-electron chi connectivity index (χ4n) is 2.47. The number of halogens is 1. The Balaban J connectivity index is 2.07. The minimum absolute atomic E-state index is 0.809. The molecule has 104 valence electrons. The molecule has 4 nitrogen and oxygen atoms in total. The van der Waals surface area contributed by atoms with Crippen LogP contribution >= 0.6 is 27.3 Å². The predicted molar refractivity (Wildman–Crippen MR) is 88.8 cm³/mol. The van der Waals surface area contributed by atoms with Crippen LogP contribution in [0, 0.1) is 13.8 Å². The molecular weight excluding hydrogens is 348 g/mol. The molecule has 3 aromatic heterocycles. The van der Waals surface area contributed by atoms with Crippen molar-refractivity contribution in [2.24, 2.45) is 0 Å². The number of aromatic nitrogens is 4. The van der Waals surface area contributed by atoms with Crippen LogP contribution in [0.5, 0.6) is 0 Å². The summed E-state index contributed by atoms with van der Waals surface area (Å²) >= 11 is 5.20. The van der Waals surface area contributed by atoms with Crippen LogP contribution in [0.3, 0.4) is 0 Å². The lowest BCUT2D eigenvalue weighted by Crippen LogP contribution is -1.91. The maximum absolute atomic E-state index is 4.56. The minimum Gasteiger partial charge on any atom is -0.265 e. The van der Waals surface area contributed by atoms with E-state index < -0.39 is 0 Å². The molecule has 0 aliphatic rings. The third-order valence-electron chi connectivity index (χ3n) is 3.66. The molecule has 0 saturated heterocycles. The number of hydrogen-bond acceptors (Lipinski definition) is 4. The van der Waals surface area contributed by atoms with Gasteiger partial charge in [0, 0.05) is 14.9 Å². The van der Waals surface area contributed by atoms with Gasteiger partial charge in [0.15, 0.2) is 11.5 Å². The third-order valence-corrected chi connectivity index (χ3v) is 5.27. The molecular formula is C15H11BrN4S. The maximum Gasteiger partial charge on any atom is 0.172 e. The van der Waals surface area contributed by atoms with Crippen LogP contribution in [0.25, 0.3) is 27.3 Å². The van der Waals surface area contributed by atoms with E-state index in [9.17, 15) is 0 Å². The second-order valence-corrected chi connectivity index (χ2v) is 7.05. The highest BCUT2D eigenvalue weighted by molar-refractivity contribution is 9.10. The van der Waals surface area contributed by atoms with Crippen molar-refractivity contribution in [3.63, 3.8) is 0 Å². The Labute approximate surface area is 133 Å². The largest absolute Gasteiger partial charge is 0.265 e. The van der Waals surface area contributed by atoms with Gasteiger partial charge in [-0.3, -0.25) is 4.40 Å². The summed E-state index contributed by atoms with van der Waals surface area (Å²) in [4.78, 5) is 6.86. The molecule has 0 spiro atoms. The first kappa shape index (κ1) is 12.9. The highest BCUT2D eigenvalue weighted by Crippen LogP contribution is 2.32. The summed E-state index contributed by atoms with van der Waals surface area (Å²) in [6.45, 7) is 4.23. The Morgan fingerprint density at radius 3 is 2.86 bits per heavy atom. The average molecular weight is 359 g/mol. The molecule has 0 bridgehead atoms. The van der Waals surface area contributed by atoms with Crippen molar-refractivity contribution in [2.45, 2.75) is 13.8 Å². The lowest BCUT2D eigenvalue weighted by atomic mass is 10.2. The topological polar surface area (TPSA) is 43.1 Å². The lowest BCUT2D eigenvalue weighted by Gasteiger charge is -2.01. The molecule has 0 N–H and O–H groups in total. The number of thiophene rings is 1. The molecule has 0 atom stereocenters. The van der Waals surface area contributed by atoms with Gasteiger partial charge in [-0.1, -0.05) is 28.1 Å². The molecule has 0 unspecified atom stereocenters. The molecule has 0 aliphatic heterocycles. The van der Waals surface area contributed by atoms with Gasteiger partial charge in [-0.25, -0.2) is 4.98 Å². The van der Waals surface area contributed by atoms with Gasteiger partial charge >= 0.3 is 0 Å². The normalized spacial score (nSPS) is 11.6. The summed E-state index contributed by atoms with van der Waals surface area (Å²) in [7, 11) is 0. The van der Waals surface area contributed by atoms with E-state index in [2.05, 4.69) is 45.0 Å². The van der Waals surface area contributed by atoms with Gasteiger partial charge in [-0.15, -0.1) is 21.5 Å². The Morgan fingerprint density at radius 1 is 1.19 bits per heavy atom. The molecule has 3 heterocycles. The SMILES string of the molecule is Cc1sc2ncn3c(-c4cccc(Br)c4)nnc3c2c1C. The zero-order chi connectivity index (χ0) is 14.6. The number of hydrogen-bond donors (Lipinski definition) is 0. The van der Waals surface area contributed by atoms with Crippen LogP contribution in [0.15, 0.2) is 35.1 Å².